The summed E-state index contributed by atoms with van der Waals surface area (Å²) in [5.74, 6) is -0.541. The highest BCUT2D eigenvalue weighted by molar-refractivity contribution is 5.44. The van der Waals surface area contributed by atoms with Crippen LogP contribution < -0.4 is 5.73 Å². The van der Waals surface area contributed by atoms with E-state index >= 15 is 0 Å². The SMILES string of the molecule is CC1(C)O[C@@H]2[C@H](O1)[C@@H](CO)O[C@H]2n1cnc(C#N)c1N. The number of hydrogen-bond donors (Lipinski definition) is 2. The van der Waals surface area contributed by atoms with Crippen molar-refractivity contribution in [3.8, 4) is 6.07 Å². The van der Waals surface area contributed by atoms with Crippen LogP contribution in [0.4, 0.5) is 5.82 Å². The molecule has 3 rings (SSSR count). The Morgan fingerprint density at radius 3 is 2.80 bits per heavy atom. The second-order valence-corrected chi connectivity index (χ2v) is 5.31. The summed E-state index contributed by atoms with van der Waals surface area (Å²) in [4.78, 5) is 3.92. The fraction of sp³-hybridized carbons (Fsp3) is 0.667. The number of hydrogen-bond acceptors (Lipinski definition) is 7. The van der Waals surface area contributed by atoms with Crippen LogP contribution in [0.1, 0.15) is 25.8 Å². The van der Waals surface area contributed by atoms with Crippen molar-refractivity contribution >= 4 is 5.82 Å². The summed E-state index contributed by atoms with van der Waals surface area (Å²) in [5, 5.41) is 18.3. The minimum Gasteiger partial charge on any atom is -0.394 e. The lowest BCUT2D eigenvalue weighted by molar-refractivity contribution is -0.199. The van der Waals surface area contributed by atoms with Crippen LogP contribution in [0.25, 0.3) is 0 Å². The predicted octanol–water partition coefficient (Wildman–Crippen LogP) is -0.253. The Labute approximate surface area is 115 Å². The van der Waals surface area contributed by atoms with Crippen molar-refractivity contribution in [3.05, 3.63) is 12.0 Å². The zero-order chi connectivity index (χ0) is 14.5. The highest BCUT2D eigenvalue weighted by Crippen LogP contribution is 2.43. The molecule has 0 aliphatic carbocycles. The molecule has 4 atom stereocenters. The molecule has 1 aromatic heterocycles. The largest absolute Gasteiger partial charge is 0.394 e. The fourth-order valence-electron chi connectivity index (χ4n) is 2.69. The van der Waals surface area contributed by atoms with Crippen LogP contribution in [-0.2, 0) is 14.2 Å². The van der Waals surface area contributed by atoms with E-state index in [1.54, 1.807) is 13.8 Å². The van der Waals surface area contributed by atoms with Gasteiger partial charge in [-0.3, -0.25) is 4.57 Å². The first-order valence-corrected chi connectivity index (χ1v) is 6.31. The summed E-state index contributed by atoms with van der Waals surface area (Å²) in [6, 6.07) is 1.91. The number of fused-ring (bicyclic) bond motifs is 1. The van der Waals surface area contributed by atoms with Crippen molar-refractivity contribution in [2.45, 2.75) is 44.2 Å². The van der Waals surface area contributed by atoms with Crippen molar-refractivity contribution < 1.29 is 19.3 Å². The molecule has 20 heavy (non-hydrogen) atoms. The van der Waals surface area contributed by atoms with Gasteiger partial charge >= 0.3 is 0 Å². The smallest absolute Gasteiger partial charge is 0.182 e. The van der Waals surface area contributed by atoms with E-state index in [1.165, 1.54) is 10.9 Å². The Kier molecular flexibility index (Phi) is 2.95. The number of imidazole rings is 1. The summed E-state index contributed by atoms with van der Waals surface area (Å²) in [6.07, 6.45) is -0.436. The van der Waals surface area contributed by atoms with E-state index in [-0.39, 0.29) is 24.2 Å². The van der Waals surface area contributed by atoms with Gasteiger partial charge in [-0.15, -0.1) is 0 Å². The number of nitriles is 1. The second kappa shape index (κ2) is 4.43. The number of anilines is 1. The van der Waals surface area contributed by atoms with Gasteiger partial charge in [0.1, 0.15) is 36.5 Å². The Morgan fingerprint density at radius 1 is 1.50 bits per heavy atom. The van der Waals surface area contributed by atoms with Gasteiger partial charge in [-0.05, 0) is 13.8 Å². The average Bonchev–Trinajstić information content (AvgIpc) is 3.00. The van der Waals surface area contributed by atoms with Crippen molar-refractivity contribution in [3.63, 3.8) is 0 Å². The van der Waals surface area contributed by atoms with E-state index in [4.69, 9.17) is 25.2 Å². The zero-order valence-electron chi connectivity index (χ0n) is 11.2. The molecule has 0 bridgehead atoms. The maximum atomic E-state index is 9.40. The van der Waals surface area contributed by atoms with E-state index in [2.05, 4.69) is 4.98 Å². The number of aliphatic hydroxyl groups is 1. The van der Waals surface area contributed by atoms with Gasteiger partial charge < -0.3 is 25.1 Å². The summed E-state index contributed by atoms with van der Waals surface area (Å²) in [7, 11) is 0. The lowest BCUT2D eigenvalue weighted by Gasteiger charge is -2.24. The molecule has 0 radical (unpaired) electrons. The summed E-state index contributed by atoms with van der Waals surface area (Å²) in [6.45, 7) is 3.42. The summed E-state index contributed by atoms with van der Waals surface area (Å²) in [5.41, 5.74) is 6.01. The van der Waals surface area contributed by atoms with Gasteiger partial charge in [-0.1, -0.05) is 0 Å². The first-order chi connectivity index (χ1) is 9.46. The van der Waals surface area contributed by atoms with Crippen molar-refractivity contribution in [2.24, 2.45) is 0 Å². The first kappa shape index (κ1) is 13.3. The quantitative estimate of drug-likeness (QED) is 0.767. The molecule has 2 fully saturated rings. The number of aromatic nitrogens is 2. The number of ether oxygens (including phenoxy) is 3. The van der Waals surface area contributed by atoms with E-state index in [0.717, 1.165) is 0 Å². The Balaban J connectivity index is 1.94. The molecule has 8 nitrogen and oxygen atoms in total. The van der Waals surface area contributed by atoms with E-state index in [1.807, 2.05) is 6.07 Å². The molecule has 0 saturated carbocycles. The number of nitrogens with two attached hydrogens (primary N) is 1. The van der Waals surface area contributed by atoms with Crippen LogP contribution in [-0.4, -0.2) is 45.4 Å². The van der Waals surface area contributed by atoms with E-state index in [9.17, 15) is 5.11 Å². The molecule has 0 spiro atoms. The van der Waals surface area contributed by atoms with E-state index in [0.29, 0.717) is 0 Å². The topological polar surface area (TPSA) is 116 Å². The molecule has 2 aliphatic rings. The van der Waals surface area contributed by atoms with Crippen LogP contribution in [0.5, 0.6) is 0 Å². The lowest BCUT2D eigenvalue weighted by atomic mass is 10.1. The van der Waals surface area contributed by atoms with Gasteiger partial charge in [0.05, 0.1) is 6.61 Å². The van der Waals surface area contributed by atoms with Gasteiger partial charge in [0.15, 0.2) is 17.7 Å². The van der Waals surface area contributed by atoms with Crippen LogP contribution in [0, 0.1) is 11.3 Å². The summed E-state index contributed by atoms with van der Waals surface area (Å²) >= 11 is 0. The molecule has 2 aliphatic heterocycles. The molecule has 108 valence electrons. The highest BCUT2D eigenvalue weighted by Gasteiger charge is 2.55. The predicted molar refractivity (Wildman–Crippen MR) is 66.2 cm³/mol. The zero-order valence-corrected chi connectivity index (χ0v) is 11.2. The average molecular weight is 280 g/mol. The van der Waals surface area contributed by atoms with E-state index < -0.39 is 24.2 Å². The van der Waals surface area contributed by atoms with Gasteiger partial charge in [-0.2, -0.15) is 5.26 Å². The van der Waals surface area contributed by atoms with Crippen LogP contribution in [0.3, 0.4) is 0 Å². The summed E-state index contributed by atoms with van der Waals surface area (Å²) < 4.78 is 18.8. The minimum absolute atomic E-state index is 0.135. The van der Waals surface area contributed by atoms with Crippen LogP contribution in [0.15, 0.2) is 6.33 Å². The number of rotatable bonds is 2. The maximum Gasteiger partial charge on any atom is 0.182 e. The first-order valence-electron chi connectivity index (χ1n) is 6.31. The molecule has 0 amide bonds. The van der Waals surface area contributed by atoms with Gasteiger partial charge in [-0.25, -0.2) is 4.98 Å². The molecule has 3 heterocycles. The molecule has 0 aromatic carbocycles. The molecule has 8 heteroatoms. The minimum atomic E-state index is -0.752. The molecule has 3 N–H and O–H groups in total. The van der Waals surface area contributed by atoms with Crippen molar-refractivity contribution in [1.82, 2.24) is 9.55 Å². The van der Waals surface area contributed by atoms with Crippen LogP contribution >= 0.6 is 0 Å². The molecular formula is C12H16N4O4. The second-order valence-electron chi connectivity index (χ2n) is 5.31. The number of nitrogens with zero attached hydrogens (tertiary/aromatic N) is 3. The lowest BCUT2D eigenvalue weighted by Crippen LogP contribution is -2.31. The Bertz CT molecular complexity index is 564. The highest BCUT2D eigenvalue weighted by atomic mass is 16.8. The fourth-order valence-corrected chi connectivity index (χ4v) is 2.69. The Hall–Kier alpha value is -1.66. The molecule has 0 unspecified atom stereocenters. The van der Waals surface area contributed by atoms with Crippen molar-refractivity contribution in [2.75, 3.05) is 12.3 Å². The molecule has 2 saturated heterocycles. The third-order valence-electron chi connectivity index (χ3n) is 3.52. The van der Waals surface area contributed by atoms with Gasteiger partial charge in [0.25, 0.3) is 0 Å². The van der Waals surface area contributed by atoms with Gasteiger partial charge in [0, 0.05) is 0 Å². The number of nitrogen functional groups attached to an aromatic ring is 1. The maximum absolute atomic E-state index is 9.40. The third-order valence-corrected chi connectivity index (χ3v) is 3.52. The third kappa shape index (κ3) is 1.87. The molecule has 1 aromatic rings. The monoisotopic (exact) mass is 280 g/mol. The number of aliphatic hydroxyl groups excluding tert-OH is 1. The van der Waals surface area contributed by atoms with Crippen molar-refractivity contribution in [1.29, 1.82) is 5.26 Å². The normalized spacial score (nSPS) is 34.9. The van der Waals surface area contributed by atoms with Crippen LogP contribution in [0.2, 0.25) is 0 Å². The standard InChI is InChI=1S/C12H16N4O4/c1-12(2)19-8-7(4-17)18-11(9(8)20-12)16-5-15-6(3-13)10(16)14/h5,7-9,11,17H,4,14H2,1-2H3/t7-,8-,9-,11-/m1/s1. The molecular weight excluding hydrogens is 264 g/mol. The Morgan fingerprint density at radius 2 is 2.20 bits per heavy atom. The van der Waals surface area contributed by atoms with Gasteiger partial charge in [0.2, 0.25) is 0 Å².